The molecule has 4 nitrogen and oxygen atoms in total. The van der Waals surface area contributed by atoms with E-state index in [1.165, 1.54) is 0 Å². The van der Waals surface area contributed by atoms with Crippen LogP contribution < -0.4 is 10.6 Å². The van der Waals surface area contributed by atoms with Crippen LogP contribution in [0.2, 0.25) is 0 Å². The first-order valence-electron chi connectivity index (χ1n) is 5.74. The topological polar surface area (TPSA) is 50.4 Å². The molecule has 1 aliphatic rings. The molecule has 88 valence electrons. The Balaban J connectivity index is 2.09. The van der Waals surface area contributed by atoms with Gasteiger partial charge in [0.15, 0.2) is 0 Å². The summed E-state index contributed by atoms with van der Waals surface area (Å²) in [6.07, 6.45) is 3.60. The van der Waals surface area contributed by atoms with E-state index in [2.05, 4.69) is 17.6 Å². The van der Waals surface area contributed by atoms with Crippen molar-refractivity contribution in [1.82, 2.24) is 10.6 Å². The molecule has 0 radical (unpaired) electrons. The lowest BCUT2D eigenvalue weighted by molar-refractivity contribution is -0.122. The Morgan fingerprint density at radius 1 is 1.53 bits per heavy atom. The van der Waals surface area contributed by atoms with E-state index < -0.39 is 0 Å². The molecule has 0 aromatic carbocycles. The van der Waals surface area contributed by atoms with Gasteiger partial charge in [-0.05, 0) is 26.2 Å². The van der Waals surface area contributed by atoms with Crippen LogP contribution >= 0.6 is 0 Å². The summed E-state index contributed by atoms with van der Waals surface area (Å²) in [7, 11) is 1.66. The molecule has 15 heavy (non-hydrogen) atoms. The van der Waals surface area contributed by atoms with Crippen LogP contribution in [0.25, 0.3) is 0 Å². The Bertz CT molecular complexity index is 189. The molecular weight excluding hydrogens is 192 g/mol. The Hall–Kier alpha value is -0.610. The molecule has 2 atom stereocenters. The molecule has 4 heteroatoms. The first-order valence-corrected chi connectivity index (χ1v) is 5.74. The standard InChI is InChI=1S/C11H22N2O2/c1-9-5-6-10(8-12-9)13-11(14)4-3-7-15-2/h9-10,12H,3-8H2,1-2H3,(H,13,14). The van der Waals surface area contributed by atoms with Crippen LogP contribution in [0.4, 0.5) is 0 Å². The van der Waals surface area contributed by atoms with Crippen LogP contribution in [0.5, 0.6) is 0 Å². The van der Waals surface area contributed by atoms with Gasteiger partial charge in [0.1, 0.15) is 0 Å². The maximum absolute atomic E-state index is 11.5. The predicted octanol–water partition coefficient (Wildman–Crippen LogP) is 0.670. The number of hydrogen-bond acceptors (Lipinski definition) is 3. The summed E-state index contributed by atoms with van der Waals surface area (Å²) in [6, 6.07) is 0.905. The number of nitrogens with one attached hydrogen (secondary N) is 2. The molecule has 1 saturated heterocycles. The summed E-state index contributed by atoms with van der Waals surface area (Å²) in [5.41, 5.74) is 0. The van der Waals surface area contributed by atoms with Gasteiger partial charge in [0.25, 0.3) is 0 Å². The van der Waals surface area contributed by atoms with E-state index in [4.69, 9.17) is 4.74 Å². The van der Waals surface area contributed by atoms with Crippen molar-refractivity contribution in [2.75, 3.05) is 20.3 Å². The molecule has 2 N–H and O–H groups in total. The van der Waals surface area contributed by atoms with E-state index in [-0.39, 0.29) is 5.91 Å². The summed E-state index contributed by atoms with van der Waals surface area (Å²) in [4.78, 5) is 11.5. The first kappa shape index (κ1) is 12.5. The average Bonchev–Trinajstić information content (AvgIpc) is 2.22. The Kier molecular flexibility index (Phi) is 5.65. The highest BCUT2D eigenvalue weighted by molar-refractivity contribution is 5.76. The monoisotopic (exact) mass is 214 g/mol. The third-order valence-electron chi connectivity index (χ3n) is 2.78. The molecule has 0 bridgehead atoms. The minimum Gasteiger partial charge on any atom is -0.385 e. The highest BCUT2D eigenvalue weighted by atomic mass is 16.5. The van der Waals surface area contributed by atoms with E-state index in [9.17, 15) is 4.79 Å². The second kappa shape index (κ2) is 6.80. The summed E-state index contributed by atoms with van der Waals surface area (Å²) in [5, 5.41) is 6.41. The normalized spacial score (nSPS) is 26.3. The van der Waals surface area contributed by atoms with Crippen molar-refractivity contribution in [3.63, 3.8) is 0 Å². The highest BCUT2D eigenvalue weighted by Crippen LogP contribution is 2.07. The van der Waals surface area contributed by atoms with Gasteiger partial charge in [-0.1, -0.05) is 0 Å². The number of hydrogen-bond donors (Lipinski definition) is 2. The van der Waals surface area contributed by atoms with Gasteiger partial charge < -0.3 is 15.4 Å². The maximum Gasteiger partial charge on any atom is 0.220 e. The minimum absolute atomic E-state index is 0.147. The molecule has 1 amide bonds. The van der Waals surface area contributed by atoms with Crippen molar-refractivity contribution < 1.29 is 9.53 Å². The number of rotatable bonds is 5. The number of amides is 1. The van der Waals surface area contributed by atoms with Crippen LogP contribution in [0.15, 0.2) is 0 Å². The smallest absolute Gasteiger partial charge is 0.220 e. The van der Waals surface area contributed by atoms with Gasteiger partial charge >= 0.3 is 0 Å². The van der Waals surface area contributed by atoms with Gasteiger partial charge in [0.05, 0.1) is 0 Å². The average molecular weight is 214 g/mol. The number of ether oxygens (including phenoxy) is 1. The molecule has 0 aromatic rings. The second-order valence-electron chi connectivity index (χ2n) is 4.25. The Labute approximate surface area is 91.8 Å². The number of piperidine rings is 1. The number of carbonyl (C=O) groups is 1. The number of carbonyl (C=O) groups excluding carboxylic acids is 1. The molecule has 1 rings (SSSR count). The van der Waals surface area contributed by atoms with Gasteiger partial charge in [-0.25, -0.2) is 0 Å². The van der Waals surface area contributed by atoms with Crippen molar-refractivity contribution in [1.29, 1.82) is 0 Å². The third-order valence-corrected chi connectivity index (χ3v) is 2.78. The Morgan fingerprint density at radius 2 is 2.33 bits per heavy atom. The fourth-order valence-electron chi connectivity index (χ4n) is 1.80. The lowest BCUT2D eigenvalue weighted by Gasteiger charge is -2.28. The maximum atomic E-state index is 11.5. The van der Waals surface area contributed by atoms with Crippen molar-refractivity contribution in [2.45, 2.75) is 44.7 Å². The molecule has 0 spiro atoms. The molecule has 0 saturated carbocycles. The zero-order valence-electron chi connectivity index (χ0n) is 9.71. The molecule has 0 aliphatic carbocycles. The van der Waals surface area contributed by atoms with E-state index in [1.807, 2.05) is 0 Å². The van der Waals surface area contributed by atoms with Crippen LogP contribution in [0, 0.1) is 0 Å². The van der Waals surface area contributed by atoms with Gasteiger partial charge in [0, 0.05) is 38.8 Å². The van der Waals surface area contributed by atoms with Crippen molar-refractivity contribution in [3.8, 4) is 0 Å². The molecular formula is C11H22N2O2. The molecule has 0 aromatic heterocycles. The summed E-state index contributed by atoms with van der Waals surface area (Å²) >= 11 is 0. The second-order valence-corrected chi connectivity index (χ2v) is 4.25. The summed E-state index contributed by atoms with van der Waals surface area (Å²) in [6.45, 7) is 3.74. The molecule has 1 aliphatic heterocycles. The van der Waals surface area contributed by atoms with Gasteiger partial charge in [0.2, 0.25) is 5.91 Å². The quantitative estimate of drug-likeness (QED) is 0.661. The minimum atomic E-state index is 0.147. The third kappa shape index (κ3) is 5.14. The van der Waals surface area contributed by atoms with Crippen LogP contribution in [0.1, 0.15) is 32.6 Å². The SMILES string of the molecule is COCCCC(=O)NC1CCC(C)NC1. The fraction of sp³-hybridized carbons (Fsp3) is 0.909. The zero-order chi connectivity index (χ0) is 11.1. The predicted molar refractivity (Wildman–Crippen MR) is 59.7 cm³/mol. The molecule has 1 fully saturated rings. The van der Waals surface area contributed by atoms with Crippen LogP contribution in [-0.2, 0) is 9.53 Å². The molecule has 2 unspecified atom stereocenters. The van der Waals surface area contributed by atoms with Crippen LogP contribution in [0.3, 0.4) is 0 Å². The molecule has 1 heterocycles. The lowest BCUT2D eigenvalue weighted by atomic mass is 10.0. The Morgan fingerprint density at radius 3 is 2.93 bits per heavy atom. The van der Waals surface area contributed by atoms with Gasteiger partial charge in [-0.2, -0.15) is 0 Å². The number of methoxy groups -OCH3 is 1. The van der Waals surface area contributed by atoms with Crippen molar-refractivity contribution in [3.05, 3.63) is 0 Å². The van der Waals surface area contributed by atoms with E-state index in [0.29, 0.717) is 25.1 Å². The zero-order valence-corrected chi connectivity index (χ0v) is 9.71. The summed E-state index contributed by atoms with van der Waals surface area (Å²) in [5.74, 6) is 0.147. The van der Waals surface area contributed by atoms with E-state index >= 15 is 0 Å². The highest BCUT2D eigenvalue weighted by Gasteiger charge is 2.18. The van der Waals surface area contributed by atoms with Crippen LogP contribution in [-0.4, -0.2) is 38.3 Å². The fourth-order valence-corrected chi connectivity index (χ4v) is 1.80. The van der Waals surface area contributed by atoms with Gasteiger partial charge in [-0.3, -0.25) is 4.79 Å². The summed E-state index contributed by atoms with van der Waals surface area (Å²) < 4.78 is 4.90. The van der Waals surface area contributed by atoms with Gasteiger partial charge in [-0.15, -0.1) is 0 Å². The first-order chi connectivity index (χ1) is 7.22. The van der Waals surface area contributed by atoms with Crippen molar-refractivity contribution >= 4 is 5.91 Å². The van der Waals surface area contributed by atoms with Crippen molar-refractivity contribution in [2.24, 2.45) is 0 Å². The lowest BCUT2D eigenvalue weighted by Crippen LogP contribution is -2.48. The van der Waals surface area contributed by atoms with E-state index in [0.717, 1.165) is 25.8 Å². The largest absolute Gasteiger partial charge is 0.385 e. The van der Waals surface area contributed by atoms with E-state index in [1.54, 1.807) is 7.11 Å².